The molecule has 47 heavy (non-hydrogen) atoms. The Labute approximate surface area is 280 Å². The molecule has 246 valence electrons. The maximum atomic E-state index is 14.0. The first-order valence-corrected chi connectivity index (χ1v) is 16.6. The van der Waals surface area contributed by atoms with Gasteiger partial charge >= 0.3 is 18.0 Å². The molecule has 3 aliphatic rings. The van der Waals surface area contributed by atoms with E-state index in [1.807, 2.05) is 34.5 Å². The van der Waals surface area contributed by atoms with Gasteiger partial charge in [0.2, 0.25) is 0 Å². The second-order valence-electron chi connectivity index (χ2n) is 11.3. The highest BCUT2D eigenvalue weighted by Crippen LogP contribution is 2.37. The van der Waals surface area contributed by atoms with Gasteiger partial charge in [0, 0.05) is 72.7 Å². The van der Waals surface area contributed by atoms with E-state index in [2.05, 4.69) is 15.2 Å². The quantitative estimate of drug-likeness (QED) is 0.310. The molecular formula is C33H34ClFN6O5S. The first kappa shape index (κ1) is 32.6. The van der Waals surface area contributed by atoms with Crippen LogP contribution in [0.1, 0.15) is 35.5 Å². The number of anilines is 1. The molecule has 0 saturated carbocycles. The van der Waals surface area contributed by atoms with Crippen LogP contribution in [0, 0.1) is 5.82 Å². The summed E-state index contributed by atoms with van der Waals surface area (Å²) in [4.78, 5) is 53.6. The van der Waals surface area contributed by atoms with Crippen molar-refractivity contribution < 1.29 is 28.2 Å². The lowest BCUT2D eigenvalue weighted by atomic mass is 9.95. The van der Waals surface area contributed by atoms with Crippen molar-refractivity contribution in [3.63, 3.8) is 0 Å². The minimum atomic E-state index is -0.851. The highest BCUT2D eigenvalue weighted by atomic mass is 35.5. The SMILES string of the molecule is CCOC(=O)CCc1ccc(N2C[C@@H]3CN(CC4=C(C(=O)OC)[C@H](c5ccc(F)cc5Cl)N=C(c5nccs5)N4)CCN3C2=O)cc1. The second-order valence-corrected chi connectivity index (χ2v) is 12.6. The van der Waals surface area contributed by atoms with Crippen LogP contribution in [0.2, 0.25) is 5.02 Å². The van der Waals surface area contributed by atoms with Crippen LogP contribution in [0.15, 0.2) is 70.3 Å². The van der Waals surface area contributed by atoms with Crippen molar-refractivity contribution >= 4 is 52.4 Å². The zero-order chi connectivity index (χ0) is 33.1. The number of urea groups is 1. The number of piperazine rings is 1. The summed E-state index contributed by atoms with van der Waals surface area (Å²) < 4.78 is 24.2. The number of benzene rings is 2. The van der Waals surface area contributed by atoms with Gasteiger partial charge in [-0.1, -0.05) is 29.8 Å². The van der Waals surface area contributed by atoms with Crippen LogP contribution in [0.25, 0.3) is 0 Å². The molecule has 3 aromatic rings. The summed E-state index contributed by atoms with van der Waals surface area (Å²) >= 11 is 7.88. The molecule has 1 aromatic heterocycles. The maximum Gasteiger partial charge on any atom is 0.338 e. The molecule has 2 amide bonds. The number of carbonyl (C=O) groups is 3. The number of hydrogen-bond acceptors (Lipinski definition) is 10. The van der Waals surface area contributed by atoms with Crippen molar-refractivity contribution in [2.75, 3.05) is 51.3 Å². The van der Waals surface area contributed by atoms with E-state index in [1.54, 1.807) is 18.0 Å². The van der Waals surface area contributed by atoms with Crippen LogP contribution in [-0.2, 0) is 25.5 Å². The molecule has 0 aliphatic carbocycles. The number of fused-ring (bicyclic) bond motifs is 1. The number of rotatable bonds is 10. The van der Waals surface area contributed by atoms with Crippen molar-refractivity contribution in [3.8, 4) is 0 Å². The van der Waals surface area contributed by atoms with Gasteiger partial charge < -0.3 is 19.7 Å². The Bertz CT molecular complexity index is 1720. The van der Waals surface area contributed by atoms with Crippen LogP contribution < -0.4 is 10.2 Å². The smallest absolute Gasteiger partial charge is 0.338 e. The lowest BCUT2D eigenvalue weighted by Crippen LogP contribution is -2.53. The van der Waals surface area contributed by atoms with Crippen LogP contribution in [0.3, 0.4) is 0 Å². The maximum absolute atomic E-state index is 14.0. The van der Waals surface area contributed by atoms with Crippen LogP contribution >= 0.6 is 22.9 Å². The molecule has 2 saturated heterocycles. The average Bonchev–Trinajstić information content (AvgIpc) is 3.72. The third-order valence-corrected chi connectivity index (χ3v) is 9.52. The molecule has 0 radical (unpaired) electrons. The molecule has 0 spiro atoms. The van der Waals surface area contributed by atoms with Crippen molar-refractivity contribution in [3.05, 3.63) is 92.3 Å². The van der Waals surface area contributed by atoms with E-state index >= 15 is 0 Å². The topological polar surface area (TPSA) is 117 Å². The van der Waals surface area contributed by atoms with E-state index in [0.717, 1.165) is 11.3 Å². The van der Waals surface area contributed by atoms with E-state index < -0.39 is 17.8 Å². The Hall–Kier alpha value is -4.33. The van der Waals surface area contributed by atoms with Crippen LogP contribution in [-0.4, -0.2) is 91.1 Å². The van der Waals surface area contributed by atoms with Gasteiger partial charge in [-0.05, 0) is 43.2 Å². The molecule has 0 unspecified atom stereocenters. The third-order valence-electron chi connectivity index (χ3n) is 8.41. The summed E-state index contributed by atoms with van der Waals surface area (Å²) in [6.07, 6.45) is 2.54. The number of aryl methyl sites for hydroxylation is 1. The van der Waals surface area contributed by atoms with E-state index in [9.17, 15) is 18.8 Å². The zero-order valence-electron chi connectivity index (χ0n) is 25.9. The number of nitrogens with one attached hydrogen (secondary N) is 1. The van der Waals surface area contributed by atoms with Gasteiger partial charge in [0.15, 0.2) is 10.8 Å². The largest absolute Gasteiger partial charge is 0.466 e. The number of aromatic nitrogens is 1. The minimum Gasteiger partial charge on any atom is -0.466 e. The zero-order valence-corrected chi connectivity index (χ0v) is 27.5. The van der Waals surface area contributed by atoms with Crippen molar-refractivity contribution in [1.82, 2.24) is 20.1 Å². The van der Waals surface area contributed by atoms with Crippen molar-refractivity contribution in [2.45, 2.75) is 31.8 Å². The number of esters is 2. The number of amidine groups is 1. The number of hydrogen-bond donors (Lipinski definition) is 1. The summed E-state index contributed by atoms with van der Waals surface area (Å²) in [7, 11) is 1.31. The van der Waals surface area contributed by atoms with Gasteiger partial charge in [0.05, 0.1) is 25.3 Å². The Morgan fingerprint density at radius 1 is 1.15 bits per heavy atom. The number of amides is 2. The van der Waals surface area contributed by atoms with Gasteiger partial charge in [0.25, 0.3) is 0 Å². The summed E-state index contributed by atoms with van der Waals surface area (Å²) in [6, 6.07) is 10.7. The second kappa shape index (κ2) is 14.2. The molecule has 14 heteroatoms. The summed E-state index contributed by atoms with van der Waals surface area (Å²) in [5, 5.41) is 5.93. The Morgan fingerprint density at radius 2 is 1.96 bits per heavy atom. The fourth-order valence-corrected chi connectivity index (χ4v) is 7.00. The molecule has 4 heterocycles. The Balaban J connectivity index is 1.21. The van der Waals surface area contributed by atoms with Gasteiger partial charge in [-0.25, -0.2) is 19.0 Å². The first-order chi connectivity index (χ1) is 22.7. The van der Waals surface area contributed by atoms with Crippen molar-refractivity contribution in [1.29, 1.82) is 0 Å². The molecule has 2 aromatic carbocycles. The van der Waals surface area contributed by atoms with E-state index in [1.165, 1.54) is 36.6 Å². The number of carbonyl (C=O) groups excluding carboxylic acids is 3. The van der Waals surface area contributed by atoms with Gasteiger partial charge in [-0.15, -0.1) is 11.3 Å². The van der Waals surface area contributed by atoms with E-state index in [-0.39, 0.29) is 28.6 Å². The lowest BCUT2D eigenvalue weighted by molar-refractivity contribution is -0.143. The predicted octanol–water partition coefficient (Wildman–Crippen LogP) is 4.58. The number of methoxy groups -OCH3 is 1. The molecule has 1 N–H and O–H groups in total. The molecule has 0 bridgehead atoms. The fraction of sp³-hybridized carbons (Fsp3) is 0.364. The predicted molar refractivity (Wildman–Crippen MR) is 176 cm³/mol. The highest BCUT2D eigenvalue weighted by molar-refractivity contribution is 7.11. The minimum absolute atomic E-state index is 0.0524. The van der Waals surface area contributed by atoms with E-state index in [4.69, 9.17) is 26.1 Å². The number of aliphatic imine (C=N–C) groups is 1. The third kappa shape index (κ3) is 7.02. The summed E-state index contributed by atoms with van der Waals surface area (Å²) in [6.45, 7) is 4.66. The Kier molecular flexibility index (Phi) is 9.85. The number of thiazole rings is 1. The fourth-order valence-electron chi connectivity index (χ4n) is 6.14. The normalized spacial score (nSPS) is 19.7. The highest BCUT2D eigenvalue weighted by Gasteiger charge is 2.42. The molecule has 6 rings (SSSR count). The number of halogens is 2. The monoisotopic (exact) mass is 680 g/mol. The number of nitrogens with zero attached hydrogens (tertiary/aromatic N) is 5. The van der Waals surface area contributed by atoms with Crippen LogP contribution in [0.5, 0.6) is 0 Å². The van der Waals surface area contributed by atoms with Gasteiger partial charge in [0.1, 0.15) is 11.9 Å². The molecule has 11 nitrogen and oxygen atoms in total. The molecule has 2 atom stereocenters. The van der Waals surface area contributed by atoms with Gasteiger partial charge in [-0.2, -0.15) is 0 Å². The van der Waals surface area contributed by atoms with Crippen molar-refractivity contribution in [2.24, 2.45) is 4.99 Å². The van der Waals surface area contributed by atoms with Gasteiger partial charge in [-0.3, -0.25) is 19.6 Å². The lowest BCUT2D eigenvalue weighted by Gasteiger charge is -2.38. The average molecular weight is 681 g/mol. The first-order valence-electron chi connectivity index (χ1n) is 15.3. The molecule has 2 fully saturated rings. The van der Waals surface area contributed by atoms with Crippen LogP contribution in [0.4, 0.5) is 14.9 Å². The summed E-state index contributed by atoms with van der Waals surface area (Å²) in [5.74, 6) is -0.832. The number of ether oxygens (including phenoxy) is 2. The molecule has 3 aliphatic heterocycles. The van der Waals surface area contributed by atoms with E-state index in [0.29, 0.717) is 74.3 Å². The Morgan fingerprint density at radius 3 is 2.66 bits per heavy atom. The summed E-state index contributed by atoms with van der Waals surface area (Å²) in [5.41, 5.74) is 3.11. The molecular weight excluding hydrogens is 647 g/mol. The standard InChI is InChI=1S/C33H34ClFN6O5S/c1-3-46-27(42)11-6-20-4-8-22(9-5-20)41-18-23-17-39(13-14-40(23)33(41)44)19-26-28(32(43)45-2)29(24-10-7-21(35)16-25(24)34)38-30(37-26)31-36-12-15-47-31/h4-5,7-10,12,15-16,23,29H,3,6,11,13-14,17-19H2,1-2H3,(H,37,38)/t23-,29-/m0/s1.